The van der Waals surface area contributed by atoms with E-state index in [1.807, 2.05) is 0 Å². The Morgan fingerprint density at radius 1 is 1.43 bits per heavy atom. The first-order valence-corrected chi connectivity index (χ1v) is 5.95. The van der Waals surface area contributed by atoms with Crippen molar-refractivity contribution in [3.63, 3.8) is 0 Å². The molecule has 1 saturated heterocycles. The van der Waals surface area contributed by atoms with Gasteiger partial charge in [0.2, 0.25) is 0 Å². The van der Waals surface area contributed by atoms with E-state index < -0.39 is 0 Å². The summed E-state index contributed by atoms with van der Waals surface area (Å²) in [5, 5.41) is 7.63. The summed E-state index contributed by atoms with van der Waals surface area (Å²) in [5.74, 6) is 0. The van der Waals surface area contributed by atoms with Gasteiger partial charge in [-0.3, -0.25) is 4.90 Å². The topological polar surface area (TPSA) is 24.5 Å². The van der Waals surface area contributed by atoms with E-state index in [2.05, 4.69) is 27.0 Å². The molecule has 1 aromatic rings. The lowest BCUT2D eigenvalue weighted by Gasteiger charge is -2.26. The first kappa shape index (κ1) is 9.96. The van der Waals surface area contributed by atoms with Crippen molar-refractivity contribution in [3.05, 3.63) is 16.8 Å². The third-order valence-corrected chi connectivity index (χ3v) is 3.07. The van der Waals surface area contributed by atoms with Gasteiger partial charge in [-0.1, -0.05) is 0 Å². The maximum absolute atomic E-state index is 5.29. The Balaban J connectivity index is 1.62. The molecule has 1 N–H and O–H groups in total. The van der Waals surface area contributed by atoms with Crippen molar-refractivity contribution in [2.24, 2.45) is 0 Å². The van der Waals surface area contributed by atoms with Gasteiger partial charge in [-0.05, 0) is 11.4 Å². The van der Waals surface area contributed by atoms with E-state index in [4.69, 9.17) is 4.74 Å². The maximum atomic E-state index is 5.29. The smallest absolute Gasteiger partial charge is 0.0594 e. The van der Waals surface area contributed by atoms with Gasteiger partial charge in [-0.25, -0.2) is 0 Å². The Morgan fingerprint density at radius 3 is 3.00 bits per heavy atom. The Kier molecular flexibility index (Phi) is 3.80. The molecule has 0 saturated carbocycles. The van der Waals surface area contributed by atoms with E-state index in [9.17, 15) is 0 Å². The first-order chi connectivity index (χ1) is 6.95. The SMILES string of the molecule is c1cc(NCCN2CCOCC2)cs1. The van der Waals surface area contributed by atoms with Crippen molar-refractivity contribution in [1.82, 2.24) is 4.90 Å². The van der Waals surface area contributed by atoms with Crippen molar-refractivity contribution in [1.29, 1.82) is 0 Å². The second-order valence-corrected chi connectivity index (χ2v) is 4.17. The highest BCUT2D eigenvalue weighted by Crippen LogP contribution is 2.11. The molecule has 1 fully saturated rings. The van der Waals surface area contributed by atoms with Gasteiger partial charge < -0.3 is 10.1 Å². The van der Waals surface area contributed by atoms with Crippen LogP contribution in [-0.4, -0.2) is 44.3 Å². The van der Waals surface area contributed by atoms with Gasteiger partial charge in [-0.2, -0.15) is 11.3 Å². The second kappa shape index (κ2) is 5.34. The van der Waals surface area contributed by atoms with Gasteiger partial charge in [0.25, 0.3) is 0 Å². The van der Waals surface area contributed by atoms with E-state index in [1.165, 1.54) is 5.69 Å². The quantitative estimate of drug-likeness (QED) is 0.818. The maximum Gasteiger partial charge on any atom is 0.0594 e. The summed E-state index contributed by atoms with van der Waals surface area (Å²) in [6.45, 7) is 6.06. The largest absolute Gasteiger partial charge is 0.383 e. The molecule has 1 aliphatic rings. The Hall–Kier alpha value is -0.580. The van der Waals surface area contributed by atoms with E-state index in [1.54, 1.807) is 11.3 Å². The average Bonchev–Trinajstić information content (AvgIpc) is 2.72. The number of nitrogens with zero attached hydrogens (tertiary/aromatic N) is 1. The highest BCUT2D eigenvalue weighted by Gasteiger charge is 2.08. The monoisotopic (exact) mass is 212 g/mol. The standard InChI is InChI=1S/C10H16N2OS/c1-8-14-9-10(1)11-2-3-12-4-6-13-7-5-12/h1,8-9,11H,2-7H2. The number of hydrogen-bond acceptors (Lipinski definition) is 4. The number of morpholine rings is 1. The van der Waals surface area contributed by atoms with Crippen LogP contribution >= 0.6 is 11.3 Å². The average molecular weight is 212 g/mol. The van der Waals surface area contributed by atoms with Crippen LogP contribution in [0.3, 0.4) is 0 Å². The molecule has 0 aromatic carbocycles. The lowest BCUT2D eigenvalue weighted by atomic mass is 10.4. The van der Waals surface area contributed by atoms with E-state index >= 15 is 0 Å². The van der Waals surface area contributed by atoms with E-state index in [0.717, 1.165) is 39.4 Å². The first-order valence-electron chi connectivity index (χ1n) is 5.01. The number of nitrogens with one attached hydrogen (secondary N) is 1. The fourth-order valence-electron chi connectivity index (χ4n) is 1.55. The molecule has 1 aromatic heterocycles. The van der Waals surface area contributed by atoms with E-state index in [-0.39, 0.29) is 0 Å². The molecule has 0 radical (unpaired) electrons. The van der Waals surface area contributed by atoms with Crippen molar-refractivity contribution in [3.8, 4) is 0 Å². The molecule has 14 heavy (non-hydrogen) atoms. The molecule has 3 nitrogen and oxygen atoms in total. The van der Waals surface area contributed by atoms with Crippen molar-refractivity contribution in [2.75, 3.05) is 44.7 Å². The van der Waals surface area contributed by atoms with Crippen LogP contribution in [-0.2, 0) is 4.74 Å². The fraction of sp³-hybridized carbons (Fsp3) is 0.600. The highest BCUT2D eigenvalue weighted by molar-refractivity contribution is 7.08. The van der Waals surface area contributed by atoms with Crippen LogP contribution in [0.25, 0.3) is 0 Å². The molecule has 0 amide bonds. The van der Waals surface area contributed by atoms with Crippen LogP contribution in [0.5, 0.6) is 0 Å². The minimum absolute atomic E-state index is 0.887. The summed E-state index contributed by atoms with van der Waals surface area (Å²) in [7, 11) is 0. The molecule has 78 valence electrons. The molecule has 0 atom stereocenters. The van der Waals surface area contributed by atoms with Crippen LogP contribution in [0.1, 0.15) is 0 Å². The molecule has 0 unspecified atom stereocenters. The number of ether oxygens (including phenoxy) is 1. The van der Waals surface area contributed by atoms with Gasteiger partial charge in [0.05, 0.1) is 13.2 Å². The Bertz CT molecular complexity index is 245. The van der Waals surface area contributed by atoms with Crippen LogP contribution in [0, 0.1) is 0 Å². The number of rotatable bonds is 4. The normalized spacial score (nSPS) is 18.3. The summed E-state index contributed by atoms with van der Waals surface area (Å²) in [6.07, 6.45) is 0. The molecule has 0 aliphatic carbocycles. The van der Waals surface area contributed by atoms with Crippen molar-refractivity contribution >= 4 is 17.0 Å². The van der Waals surface area contributed by atoms with Crippen LogP contribution in [0.2, 0.25) is 0 Å². The summed E-state index contributed by atoms with van der Waals surface area (Å²) < 4.78 is 5.29. The molecular formula is C10H16N2OS. The fourth-order valence-corrected chi connectivity index (χ4v) is 2.16. The zero-order chi connectivity index (χ0) is 9.64. The van der Waals surface area contributed by atoms with Crippen molar-refractivity contribution in [2.45, 2.75) is 0 Å². The van der Waals surface area contributed by atoms with Gasteiger partial charge in [0, 0.05) is 37.2 Å². The van der Waals surface area contributed by atoms with Crippen molar-refractivity contribution < 1.29 is 4.74 Å². The zero-order valence-electron chi connectivity index (χ0n) is 8.24. The van der Waals surface area contributed by atoms with E-state index in [0.29, 0.717) is 0 Å². The van der Waals surface area contributed by atoms with Gasteiger partial charge in [0.1, 0.15) is 0 Å². The lowest BCUT2D eigenvalue weighted by molar-refractivity contribution is 0.0398. The molecule has 4 heteroatoms. The molecule has 0 spiro atoms. The van der Waals surface area contributed by atoms with Crippen LogP contribution in [0.4, 0.5) is 5.69 Å². The molecule has 1 aliphatic heterocycles. The molecular weight excluding hydrogens is 196 g/mol. The van der Waals surface area contributed by atoms with Gasteiger partial charge in [-0.15, -0.1) is 0 Å². The third-order valence-electron chi connectivity index (χ3n) is 2.38. The summed E-state index contributed by atoms with van der Waals surface area (Å²) in [6, 6.07) is 2.12. The minimum Gasteiger partial charge on any atom is -0.383 e. The van der Waals surface area contributed by atoms with Crippen LogP contribution < -0.4 is 5.32 Å². The number of thiophene rings is 1. The number of anilines is 1. The molecule has 2 rings (SSSR count). The van der Waals surface area contributed by atoms with Gasteiger partial charge in [0.15, 0.2) is 0 Å². The Morgan fingerprint density at radius 2 is 2.29 bits per heavy atom. The third kappa shape index (κ3) is 2.97. The number of hydrogen-bond donors (Lipinski definition) is 1. The van der Waals surface area contributed by atoms with Gasteiger partial charge >= 0.3 is 0 Å². The Labute approximate surface area is 88.7 Å². The summed E-state index contributed by atoms with van der Waals surface area (Å²) in [4.78, 5) is 2.43. The minimum atomic E-state index is 0.887. The highest BCUT2D eigenvalue weighted by atomic mass is 32.1. The predicted octanol–water partition coefficient (Wildman–Crippen LogP) is 1.49. The molecule has 2 heterocycles. The zero-order valence-corrected chi connectivity index (χ0v) is 9.05. The summed E-state index contributed by atoms with van der Waals surface area (Å²) in [5.41, 5.74) is 1.24. The summed E-state index contributed by atoms with van der Waals surface area (Å²) >= 11 is 1.73. The molecule has 0 bridgehead atoms. The van der Waals surface area contributed by atoms with Crippen LogP contribution in [0.15, 0.2) is 16.8 Å². The lowest BCUT2D eigenvalue weighted by Crippen LogP contribution is -2.38. The predicted molar refractivity (Wildman–Crippen MR) is 60.1 cm³/mol. The second-order valence-electron chi connectivity index (χ2n) is 3.39.